The lowest BCUT2D eigenvalue weighted by Gasteiger charge is -2.33. The molecule has 0 unspecified atom stereocenters. The maximum atomic E-state index is 4.59. The van der Waals surface area contributed by atoms with Crippen LogP contribution in [0.5, 0.6) is 0 Å². The molecule has 0 spiro atoms. The van der Waals surface area contributed by atoms with Gasteiger partial charge in [0.25, 0.3) is 0 Å². The molecular weight excluding hydrogens is 238 g/mol. The Bertz CT molecular complexity index is 399. The summed E-state index contributed by atoms with van der Waals surface area (Å²) >= 11 is 0. The molecule has 0 aliphatic carbocycles. The molecule has 5 nitrogen and oxygen atoms in total. The molecule has 1 aliphatic rings. The van der Waals surface area contributed by atoms with Crippen molar-refractivity contribution >= 4 is 11.8 Å². The van der Waals surface area contributed by atoms with Crippen LogP contribution in [0.15, 0.2) is 6.07 Å². The quantitative estimate of drug-likeness (QED) is 0.874. The summed E-state index contributed by atoms with van der Waals surface area (Å²) in [6, 6.07) is 2.15. The number of rotatable bonds is 5. The highest BCUT2D eigenvalue weighted by Gasteiger charge is 2.16. The smallest absolute Gasteiger partial charge is 0.224 e. The Hall–Kier alpha value is -1.36. The normalized spacial score (nSPS) is 16.7. The molecule has 2 heterocycles. The van der Waals surface area contributed by atoms with Crippen LogP contribution in [0.4, 0.5) is 11.8 Å². The molecule has 1 aromatic heterocycles. The number of hydrogen-bond acceptors (Lipinski definition) is 5. The van der Waals surface area contributed by atoms with E-state index in [2.05, 4.69) is 45.1 Å². The number of anilines is 2. The predicted octanol–water partition coefficient (Wildman–Crippen LogP) is 1.61. The Balaban J connectivity index is 2.14. The zero-order valence-corrected chi connectivity index (χ0v) is 12.3. The van der Waals surface area contributed by atoms with Crippen LogP contribution >= 0.6 is 0 Å². The minimum atomic E-state index is 0.738. The van der Waals surface area contributed by atoms with Crippen LogP contribution in [0.25, 0.3) is 0 Å². The number of aromatic nitrogens is 2. The molecule has 0 bridgehead atoms. The summed E-state index contributed by atoms with van der Waals surface area (Å²) in [5, 5.41) is 3.07. The van der Waals surface area contributed by atoms with Crippen LogP contribution < -0.4 is 10.2 Å². The lowest BCUT2D eigenvalue weighted by molar-refractivity contribution is 0.312. The van der Waals surface area contributed by atoms with Crippen LogP contribution in [0, 0.1) is 0 Å². The Morgan fingerprint density at radius 2 is 1.95 bits per heavy atom. The summed E-state index contributed by atoms with van der Waals surface area (Å²) in [4.78, 5) is 13.8. The topological polar surface area (TPSA) is 44.3 Å². The summed E-state index contributed by atoms with van der Waals surface area (Å²) in [6.07, 6.45) is 3.42. The molecule has 1 saturated heterocycles. The van der Waals surface area contributed by atoms with E-state index in [4.69, 9.17) is 0 Å². The number of piperazine rings is 1. The van der Waals surface area contributed by atoms with Gasteiger partial charge in [0, 0.05) is 45.0 Å². The van der Waals surface area contributed by atoms with Crippen molar-refractivity contribution in [2.24, 2.45) is 0 Å². The van der Waals surface area contributed by atoms with E-state index in [0.717, 1.165) is 50.1 Å². The monoisotopic (exact) mass is 263 g/mol. The van der Waals surface area contributed by atoms with Crippen LogP contribution in [-0.4, -0.2) is 55.1 Å². The molecule has 0 saturated carbocycles. The molecule has 1 N–H and O–H groups in total. The first-order valence-electron chi connectivity index (χ1n) is 7.22. The van der Waals surface area contributed by atoms with Crippen LogP contribution in [-0.2, 0) is 6.42 Å². The molecule has 2 rings (SSSR count). The Morgan fingerprint density at radius 3 is 2.58 bits per heavy atom. The molecule has 19 heavy (non-hydrogen) atoms. The molecule has 0 amide bonds. The SMILES string of the molecule is CCCCc1cc(N2CCN(C)CC2)nc(NC)n1. The number of hydrogen-bond donors (Lipinski definition) is 1. The van der Waals surface area contributed by atoms with E-state index in [-0.39, 0.29) is 0 Å². The van der Waals surface area contributed by atoms with E-state index in [9.17, 15) is 0 Å². The van der Waals surface area contributed by atoms with E-state index >= 15 is 0 Å². The van der Waals surface area contributed by atoms with Gasteiger partial charge in [0.05, 0.1) is 0 Å². The van der Waals surface area contributed by atoms with Gasteiger partial charge in [-0.3, -0.25) is 0 Å². The molecule has 1 fully saturated rings. The van der Waals surface area contributed by atoms with E-state index < -0.39 is 0 Å². The minimum absolute atomic E-state index is 0.738. The lowest BCUT2D eigenvalue weighted by atomic mass is 10.2. The zero-order chi connectivity index (χ0) is 13.7. The third-order valence-electron chi connectivity index (χ3n) is 3.60. The fourth-order valence-electron chi connectivity index (χ4n) is 2.28. The second kappa shape index (κ2) is 6.70. The lowest BCUT2D eigenvalue weighted by Crippen LogP contribution is -2.44. The zero-order valence-electron chi connectivity index (χ0n) is 12.3. The van der Waals surface area contributed by atoms with Crippen LogP contribution in [0.3, 0.4) is 0 Å². The van der Waals surface area contributed by atoms with Crippen molar-refractivity contribution in [2.75, 3.05) is 50.5 Å². The average Bonchev–Trinajstić information content (AvgIpc) is 2.45. The van der Waals surface area contributed by atoms with E-state index in [0.29, 0.717) is 0 Å². The Labute approximate surface area is 116 Å². The highest BCUT2D eigenvalue weighted by Crippen LogP contribution is 2.17. The van der Waals surface area contributed by atoms with Crippen molar-refractivity contribution in [1.29, 1.82) is 0 Å². The third-order valence-corrected chi connectivity index (χ3v) is 3.60. The van der Waals surface area contributed by atoms with Gasteiger partial charge in [-0.25, -0.2) is 4.98 Å². The molecule has 0 atom stereocenters. The number of likely N-dealkylation sites (N-methyl/N-ethyl adjacent to an activating group) is 1. The van der Waals surface area contributed by atoms with Crippen molar-refractivity contribution in [3.63, 3.8) is 0 Å². The third kappa shape index (κ3) is 3.80. The largest absolute Gasteiger partial charge is 0.357 e. The van der Waals surface area contributed by atoms with E-state index in [1.165, 1.54) is 12.8 Å². The number of unbranched alkanes of at least 4 members (excludes halogenated alkanes) is 1. The van der Waals surface area contributed by atoms with E-state index in [1.54, 1.807) is 0 Å². The van der Waals surface area contributed by atoms with Gasteiger partial charge in [-0.15, -0.1) is 0 Å². The van der Waals surface area contributed by atoms with Gasteiger partial charge in [0.15, 0.2) is 0 Å². The van der Waals surface area contributed by atoms with E-state index in [1.807, 2.05) is 7.05 Å². The second-order valence-electron chi connectivity index (χ2n) is 5.18. The molecule has 1 aromatic rings. The first-order valence-corrected chi connectivity index (χ1v) is 7.22. The van der Waals surface area contributed by atoms with Gasteiger partial charge in [-0.2, -0.15) is 4.98 Å². The number of aryl methyl sites for hydroxylation is 1. The van der Waals surface area contributed by atoms with Gasteiger partial charge < -0.3 is 15.1 Å². The second-order valence-corrected chi connectivity index (χ2v) is 5.18. The minimum Gasteiger partial charge on any atom is -0.357 e. The van der Waals surface area contributed by atoms with Crippen molar-refractivity contribution < 1.29 is 0 Å². The van der Waals surface area contributed by atoms with Crippen LogP contribution in [0.2, 0.25) is 0 Å². The summed E-state index contributed by atoms with van der Waals surface area (Å²) in [5.74, 6) is 1.81. The molecule has 106 valence electrons. The van der Waals surface area contributed by atoms with Crippen LogP contribution in [0.1, 0.15) is 25.5 Å². The fraction of sp³-hybridized carbons (Fsp3) is 0.714. The van der Waals surface area contributed by atoms with Gasteiger partial charge in [-0.05, 0) is 19.9 Å². The number of nitrogens with zero attached hydrogens (tertiary/aromatic N) is 4. The summed E-state index contributed by atoms with van der Waals surface area (Å²) in [6.45, 7) is 6.50. The first-order chi connectivity index (χ1) is 9.22. The molecular formula is C14H25N5. The number of nitrogens with one attached hydrogen (secondary N) is 1. The maximum absolute atomic E-state index is 4.59. The summed E-state index contributed by atoms with van der Waals surface area (Å²) in [5.41, 5.74) is 1.15. The van der Waals surface area contributed by atoms with Crippen molar-refractivity contribution in [3.05, 3.63) is 11.8 Å². The van der Waals surface area contributed by atoms with Gasteiger partial charge in [0.2, 0.25) is 5.95 Å². The molecule has 1 aliphatic heterocycles. The van der Waals surface area contributed by atoms with Crippen molar-refractivity contribution in [2.45, 2.75) is 26.2 Å². The average molecular weight is 263 g/mol. The van der Waals surface area contributed by atoms with Gasteiger partial charge in [-0.1, -0.05) is 13.3 Å². The van der Waals surface area contributed by atoms with Crippen molar-refractivity contribution in [1.82, 2.24) is 14.9 Å². The highest BCUT2D eigenvalue weighted by molar-refractivity contribution is 5.45. The fourth-order valence-corrected chi connectivity index (χ4v) is 2.28. The standard InChI is InChI=1S/C14H25N5/c1-4-5-6-12-11-13(17-14(15-2)16-12)19-9-7-18(3)8-10-19/h11H,4-10H2,1-3H3,(H,15,16,17). The van der Waals surface area contributed by atoms with Gasteiger partial charge >= 0.3 is 0 Å². The molecule has 0 radical (unpaired) electrons. The summed E-state index contributed by atoms with van der Waals surface area (Å²) in [7, 11) is 4.05. The maximum Gasteiger partial charge on any atom is 0.224 e. The highest BCUT2D eigenvalue weighted by atomic mass is 15.3. The van der Waals surface area contributed by atoms with Gasteiger partial charge in [0.1, 0.15) is 5.82 Å². The first kappa shape index (κ1) is 14.1. The Kier molecular flexibility index (Phi) is 4.96. The predicted molar refractivity (Wildman–Crippen MR) is 79.9 cm³/mol. The Morgan fingerprint density at radius 1 is 1.21 bits per heavy atom. The van der Waals surface area contributed by atoms with Crippen molar-refractivity contribution in [3.8, 4) is 0 Å². The molecule has 5 heteroatoms. The summed E-state index contributed by atoms with van der Waals surface area (Å²) < 4.78 is 0. The molecule has 0 aromatic carbocycles.